The molecular formula is C29H66O18. The zero-order valence-corrected chi connectivity index (χ0v) is 28.5. The van der Waals surface area contributed by atoms with Crippen LogP contribution in [0, 0.1) is 0 Å². The predicted octanol–water partition coefficient (Wildman–Crippen LogP) is -4.36. The lowest BCUT2D eigenvalue weighted by molar-refractivity contribution is -0.0964. The summed E-state index contributed by atoms with van der Waals surface area (Å²) in [7, 11) is 0. The van der Waals surface area contributed by atoms with E-state index in [0.717, 1.165) is 13.2 Å². The molecule has 2 rings (SSSR count). The predicted molar refractivity (Wildman–Crippen MR) is 169 cm³/mol. The van der Waals surface area contributed by atoms with E-state index in [4.69, 9.17) is 79.9 Å². The molecule has 0 saturated carbocycles. The molecule has 0 amide bonds. The van der Waals surface area contributed by atoms with Gasteiger partial charge in [0.1, 0.15) is 42.7 Å². The van der Waals surface area contributed by atoms with Crippen LogP contribution in [0.5, 0.6) is 0 Å². The number of epoxide rings is 2. The number of aliphatic hydroxyl groups is 11. The van der Waals surface area contributed by atoms with Crippen molar-refractivity contribution in [2.75, 3.05) is 119 Å². The standard InChI is InChI=1S/C11H24O7.2C5H12O3.2C3H6O2.C2H6O/c1-2-16-7-11(18-6-10(15)4-13)8-17-5-9(14)3-12;2*1-2-8-4-5(7)3-6;2*4-1-3-2-5-3;1-2-3/h9-15H,2-8H2,1H3;2*5-7H,2-4H2,1H3;2*3-4H,1-2H2;3H,2H2,1H3. The first kappa shape index (κ1) is 53.1. The Bertz CT molecular complexity index is 519. The van der Waals surface area contributed by atoms with Crippen molar-refractivity contribution in [1.82, 2.24) is 0 Å². The number of ether oxygens (including phenoxy) is 7. The Morgan fingerprint density at radius 3 is 1.02 bits per heavy atom. The summed E-state index contributed by atoms with van der Waals surface area (Å²) in [6.45, 7) is 10.8. The summed E-state index contributed by atoms with van der Waals surface area (Å²) in [5.41, 5.74) is 0. The van der Waals surface area contributed by atoms with Gasteiger partial charge in [0.25, 0.3) is 0 Å². The number of hydrogen-bond donors (Lipinski definition) is 11. The van der Waals surface area contributed by atoms with Gasteiger partial charge in [0.2, 0.25) is 0 Å². The molecule has 18 heteroatoms. The zero-order chi connectivity index (χ0) is 36.7. The minimum Gasteiger partial charge on any atom is -0.397 e. The normalized spacial score (nSPS) is 18.7. The molecule has 2 fully saturated rings. The molecule has 7 atom stereocenters. The molecule has 0 aliphatic carbocycles. The van der Waals surface area contributed by atoms with Crippen molar-refractivity contribution in [3.05, 3.63) is 0 Å². The van der Waals surface area contributed by atoms with Gasteiger partial charge < -0.3 is 89.3 Å². The van der Waals surface area contributed by atoms with Crippen LogP contribution in [0.4, 0.5) is 0 Å². The molecule has 0 aromatic carbocycles. The summed E-state index contributed by atoms with van der Waals surface area (Å²) in [5.74, 6) is 0. The van der Waals surface area contributed by atoms with Crippen LogP contribution < -0.4 is 0 Å². The van der Waals surface area contributed by atoms with Crippen molar-refractivity contribution < 1.29 is 89.3 Å². The third-order valence-electron chi connectivity index (χ3n) is 4.73. The second-order valence-corrected chi connectivity index (χ2v) is 9.41. The molecular weight excluding hydrogens is 636 g/mol. The molecule has 0 spiro atoms. The molecule has 11 N–H and O–H groups in total. The maximum absolute atomic E-state index is 9.15. The molecule has 2 aliphatic rings. The van der Waals surface area contributed by atoms with Crippen molar-refractivity contribution in [3.8, 4) is 0 Å². The molecule has 0 aromatic rings. The van der Waals surface area contributed by atoms with Crippen molar-refractivity contribution in [3.63, 3.8) is 0 Å². The average molecular weight is 703 g/mol. The Morgan fingerprint density at radius 1 is 0.489 bits per heavy atom. The molecule has 0 radical (unpaired) electrons. The van der Waals surface area contributed by atoms with Crippen LogP contribution in [0.1, 0.15) is 27.7 Å². The monoisotopic (exact) mass is 702 g/mol. The fourth-order valence-corrected chi connectivity index (χ4v) is 2.04. The number of rotatable bonds is 22. The van der Waals surface area contributed by atoms with Gasteiger partial charge in [-0.3, -0.25) is 0 Å². The third kappa shape index (κ3) is 52.3. The minimum absolute atomic E-state index is 0.00500. The Kier molecular flexibility index (Phi) is 48.9. The summed E-state index contributed by atoms with van der Waals surface area (Å²) in [4.78, 5) is 0. The molecule has 290 valence electrons. The van der Waals surface area contributed by atoms with Crippen LogP contribution in [-0.2, 0) is 33.2 Å². The van der Waals surface area contributed by atoms with Gasteiger partial charge in [-0.1, -0.05) is 0 Å². The van der Waals surface area contributed by atoms with Crippen molar-refractivity contribution in [2.24, 2.45) is 0 Å². The van der Waals surface area contributed by atoms with Gasteiger partial charge in [-0.2, -0.15) is 0 Å². The van der Waals surface area contributed by atoms with Gasteiger partial charge in [-0.15, -0.1) is 0 Å². The summed E-state index contributed by atoms with van der Waals surface area (Å²) >= 11 is 0. The van der Waals surface area contributed by atoms with E-state index in [-0.39, 0.29) is 91.5 Å². The maximum atomic E-state index is 9.15. The van der Waals surface area contributed by atoms with Crippen LogP contribution >= 0.6 is 0 Å². The Hall–Kier alpha value is -0.720. The van der Waals surface area contributed by atoms with E-state index in [2.05, 4.69) is 9.47 Å². The van der Waals surface area contributed by atoms with Gasteiger partial charge in [-0.25, -0.2) is 0 Å². The first-order valence-electron chi connectivity index (χ1n) is 15.7. The van der Waals surface area contributed by atoms with Crippen LogP contribution in [0.2, 0.25) is 0 Å². The minimum atomic E-state index is -0.933. The van der Waals surface area contributed by atoms with Crippen molar-refractivity contribution >= 4 is 0 Å². The van der Waals surface area contributed by atoms with Crippen LogP contribution in [0.25, 0.3) is 0 Å². The molecule has 2 heterocycles. The van der Waals surface area contributed by atoms with Gasteiger partial charge >= 0.3 is 0 Å². The van der Waals surface area contributed by atoms with Crippen LogP contribution in [0.3, 0.4) is 0 Å². The van der Waals surface area contributed by atoms with Crippen molar-refractivity contribution in [1.29, 1.82) is 0 Å². The summed E-state index contributed by atoms with van der Waals surface area (Å²) in [5, 5.41) is 92.9. The highest BCUT2D eigenvalue weighted by Crippen LogP contribution is 2.05. The van der Waals surface area contributed by atoms with Crippen molar-refractivity contribution in [2.45, 2.75) is 70.4 Å². The molecule has 47 heavy (non-hydrogen) atoms. The van der Waals surface area contributed by atoms with E-state index in [9.17, 15) is 0 Å². The summed E-state index contributed by atoms with van der Waals surface area (Å²) in [6, 6.07) is 0. The smallest absolute Gasteiger partial charge is 0.104 e. The Balaban J connectivity index is -0.000000264. The van der Waals surface area contributed by atoms with Crippen LogP contribution in [0.15, 0.2) is 0 Å². The molecule has 0 aromatic heterocycles. The fraction of sp³-hybridized carbons (Fsp3) is 1.00. The van der Waals surface area contributed by atoms with E-state index < -0.39 is 30.5 Å². The lowest BCUT2D eigenvalue weighted by Gasteiger charge is -2.20. The SMILES string of the molecule is CCO.CCOCC(COCC(O)CO)OCC(O)CO.CCOCC(O)CO.CCOCC(O)CO.OCC1CO1.OCC1CO1. The van der Waals surface area contributed by atoms with E-state index in [1.54, 1.807) is 6.92 Å². The van der Waals surface area contributed by atoms with E-state index >= 15 is 0 Å². The lowest BCUT2D eigenvalue weighted by atomic mass is 10.3. The Morgan fingerprint density at radius 2 is 0.766 bits per heavy atom. The molecule has 0 bridgehead atoms. The summed E-state index contributed by atoms with van der Waals surface area (Å²) < 4.78 is 34.4. The van der Waals surface area contributed by atoms with Crippen LogP contribution in [-0.4, -0.2) is 218 Å². The highest BCUT2D eigenvalue weighted by molar-refractivity contribution is 4.65. The molecule has 18 nitrogen and oxygen atoms in total. The number of hydrogen-bond acceptors (Lipinski definition) is 18. The second-order valence-electron chi connectivity index (χ2n) is 9.41. The largest absolute Gasteiger partial charge is 0.397 e. The number of aliphatic hydroxyl groups excluding tert-OH is 11. The van der Waals surface area contributed by atoms with Gasteiger partial charge in [-0.05, 0) is 27.7 Å². The first-order chi connectivity index (χ1) is 22.5. The van der Waals surface area contributed by atoms with Gasteiger partial charge in [0.15, 0.2) is 0 Å². The van der Waals surface area contributed by atoms with E-state index in [1.807, 2.05) is 20.8 Å². The topological polar surface area (TPSA) is 294 Å². The highest BCUT2D eigenvalue weighted by Gasteiger charge is 2.20. The average Bonchev–Trinajstić information content (AvgIpc) is 4.02. The van der Waals surface area contributed by atoms with E-state index in [0.29, 0.717) is 26.4 Å². The lowest BCUT2D eigenvalue weighted by Crippen LogP contribution is -2.32. The Labute approximate surface area is 279 Å². The van der Waals surface area contributed by atoms with Gasteiger partial charge in [0.05, 0.1) is 92.5 Å². The molecule has 7 unspecified atom stereocenters. The zero-order valence-electron chi connectivity index (χ0n) is 28.5. The quantitative estimate of drug-likeness (QED) is 0.0475. The second kappa shape index (κ2) is 43.3. The molecule has 2 saturated heterocycles. The van der Waals surface area contributed by atoms with E-state index in [1.165, 1.54) is 0 Å². The third-order valence-corrected chi connectivity index (χ3v) is 4.73. The highest BCUT2D eigenvalue weighted by atomic mass is 16.6. The first-order valence-corrected chi connectivity index (χ1v) is 15.7. The summed E-state index contributed by atoms with van der Waals surface area (Å²) in [6.07, 6.45) is -3.29. The fourth-order valence-electron chi connectivity index (χ4n) is 2.04. The van der Waals surface area contributed by atoms with Gasteiger partial charge in [0, 0.05) is 26.4 Å². The molecule has 2 aliphatic heterocycles. The maximum Gasteiger partial charge on any atom is 0.104 e.